The van der Waals surface area contributed by atoms with Crippen LogP contribution in [0, 0.1) is 0 Å². The Morgan fingerprint density at radius 3 is 2.13 bits per heavy atom. The minimum atomic E-state index is -0.207. The molecule has 0 radical (unpaired) electrons. The van der Waals surface area contributed by atoms with Gasteiger partial charge in [-0.05, 0) is 31.2 Å². The SMILES string of the molecule is CCn1c(=O)n(CC(=O)N2CCN(C(=O)c3cccc(Cl)c3Cl)CC2)c2ccccc21. The Labute approximate surface area is 189 Å². The lowest BCUT2D eigenvalue weighted by Gasteiger charge is -2.35. The number of benzene rings is 2. The Kier molecular flexibility index (Phi) is 6.07. The third-order valence-electron chi connectivity index (χ3n) is 5.64. The highest BCUT2D eigenvalue weighted by Crippen LogP contribution is 2.26. The van der Waals surface area contributed by atoms with Crippen LogP contribution in [0.3, 0.4) is 0 Å². The van der Waals surface area contributed by atoms with Gasteiger partial charge in [-0.2, -0.15) is 0 Å². The number of nitrogens with zero attached hydrogens (tertiary/aromatic N) is 4. The molecule has 1 saturated heterocycles. The molecule has 162 valence electrons. The molecule has 2 aromatic carbocycles. The first-order valence-electron chi connectivity index (χ1n) is 10.1. The van der Waals surface area contributed by atoms with Crippen LogP contribution in [0.25, 0.3) is 11.0 Å². The Hall–Kier alpha value is -2.77. The Morgan fingerprint density at radius 1 is 0.871 bits per heavy atom. The Balaban J connectivity index is 1.45. The highest BCUT2D eigenvalue weighted by molar-refractivity contribution is 6.43. The second-order valence-electron chi connectivity index (χ2n) is 7.38. The van der Waals surface area contributed by atoms with Gasteiger partial charge in [0.1, 0.15) is 6.54 Å². The predicted octanol–water partition coefficient (Wildman–Crippen LogP) is 3.11. The molecule has 0 saturated carbocycles. The molecule has 0 unspecified atom stereocenters. The fraction of sp³-hybridized carbons (Fsp3) is 0.318. The molecule has 0 spiro atoms. The van der Waals surface area contributed by atoms with E-state index in [1.54, 1.807) is 32.6 Å². The van der Waals surface area contributed by atoms with Crippen molar-refractivity contribution < 1.29 is 9.59 Å². The van der Waals surface area contributed by atoms with Gasteiger partial charge in [0.15, 0.2) is 0 Å². The standard InChI is InChI=1S/C22H22Cl2N4O3/c1-2-27-17-8-3-4-9-18(17)28(22(27)31)14-19(29)25-10-12-26(13-11-25)21(30)15-6-5-7-16(23)20(15)24/h3-9H,2,10-14H2,1H3. The molecule has 3 aromatic rings. The summed E-state index contributed by atoms with van der Waals surface area (Å²) in [5, 5.41) is 0.567. The van der Waals surface area contributed by atoms with E-state index in [1.807, 2.05) is 31.2 Å². The van der Waals surface area contributed by atoms with Gasteiger partial charge in [-0.25, -0.2) is 4.79 Å². The normalized spacial score (nSPS) is 14.3. The molecule has 1 fully saturated rings. The number of aromatic nitrogens is 2. The summed E-state index contributed by atoms with van der Waals surface area (Å²) in [5.41, 5.74) is 1.72. The van der Waals surface area contributed by atoms with Crippen LogP contribution >= 0.6 is 23.2 Å². The van der Waals surface area contributed by atoms with E-state index in [0.29, 0.717) is 43.3 Å². The maximum atomic E-state index is 12.9. The molecule has 2 amide bonds. The van der Waals surface area contributed by atoms with Crippen molar-refractivity contribution in [1.29, 1.82) is 0 Å². The number of carbonyl (C=O) groups is 2. The molecule has 4 rings (SSSR count). The van der Waals surface area contributed by atoms with E-state index in [1.165, 1.54) is 4.57 Å². The van der Waals surface area contributed by atoms with Crippen molar-refractivity contribution in [2.24, 2.45) is 0 Å². The number of hydrogen-bond donors (Lipinski definition) is 0. The number of imidazole rings is 1. The lowest BCUT2D eigenvalue weighted by Crippen LogP contribution is -2.51. The quantitative estimate of drug-likeness (QED) is 0.600. The number of amides is 2. The summed E-state index contributed by atoms with van der Waals surface area (Å²) in [5.74, 6) is -0.351. The number of rotatable bonds is 4. The van der Waals surface area contributed by atoms with Crippen LogP contribution in [0.15, 0.2) is 47.3 Å². The first-order valence-corrected chi connectivity index (χ1v) is 10.9. The van der Waals surface area contributed by atoms with E-state index in [4.69, 9.17) is 23.2 Å². The van der Waals surface area contributed by atoms with Gasteiger partial charge in [-0.15, -0.1) is 0 Å². The molecule has 0 atom stereocenters. The van der Waals surface area contributed by atoms with Crippen molar-refractivity contribution in [1.82, 2.24) is 18.9 Å². The molecular formula is C22H22Cl2N4O3. The molecule has 0 N–H and O–H groups in total. The molecular weight excluding hydrogens is 439 g/mol. The van der Waals surface area contributed by atoms with Crippen LogP contribution in [-0.2, 0) is 17.9 Å². The third kappa shape index (κ3) is 3.95. The fourth-order valence-electron chi connectivity index (χ4n) is 3.96. The highest BCUT2D eigenvalue weighted by Gasteiger charge is 2.27. The van der Waals surface area contributed by atoms with Gasteiger partial charge in [0.25, 0.3) is 5.91 Å². The molecule has 1 aliphatic rings. The van der Waals surface area contributed by atoms with Gasteiger partial charge in [0.05, 0.1) is 26.6 Å². The molecule has 31 heavy (non-hydrogen) atoms. The monoisotopic (exact) mass is 460 g/mol. The van der Waals surface area contributed by atoms with Gasteiger partial charge in [0.2, 0.25) is 5.91 Å². The van der Waals surface area contributed by atoms with Gasteiger partial charge in [-0.1, -0.05) is 41.4 Å². The van der Waals surface area contributed by atoms with E-state index in [0.717, 1.165) is 11.0 Å². The summed E-state index contributed by atoms with van der Waals surface area (Å²) < 4.78 is 3.18. The molecule has 1 aromatic heterocycles. The summed E-state index contributed by atoms with van der Waals surface area (Å²) >= 11 is 12.2. The zero-order valence-corrected chi connectivity index (χ0v) is 18.6. The van der Waals surface area contributed by atoms with Crippen molar-refractivity contribution in [2.75, 3.05) is 26.2 Å². The van der Waals surface area contributed by atoms with Crippen LogP contribution in [0.2, 0.25) is 10.0 Å². The van der Waals surface area contributed by atoms with E-state index in [2.05, 4.69) is 0 Å². The second-order valence-corrected chi connectivity index (χ2v) is 8.16. The Bertz CT molecular complexity index is 1210. The average molecular weight is 461 g/mol. The van der Waals surface area contributed by atoms with Crippen molar-refractivity contribution in [3.05, 3.63) is 68.6 Å². The van der Waals surface area contributed by atoms with Gasteiger partial charge in [0, 0.05) is 32.7 Å². The molecule has 0 aliphatic carbocycles. The number of fused-ring (bicyclic) bond motifs is 1. The summed E-state index contributed by atoms with van der Waals surface area (Å²) in [7, 11) is 0. The smallest absolute Gasteiger partial charge is 0.329 e. The van der Waals surface area contributed by atoms with E-state index in [9.17, 15) is 14.4 Å². The van der Waals surface area contributed by atoms with Crippen LogP contribution in [0.1, 0.15) is 17.3 Å². The predicted molar refractivity (Wildman–Crippen MR) is 121 cm³/mol. The Morgan fingerprint density at radius 2 is 1.48 bits per heavy atom. The largest absolute Gasteiger partial charge is 0.338 e. The number of carbonyl (C=O) groups excluding carboxylic acids is 2. The van der Waals surface area contributed by atoms with Crippen molar-refractivity contribution in [3.63, 3.8) is 0 Å². The van der Waals surface area contributed by atoms with Crippen LogP contribution in [0.5, 0.6) is 0 Å². The van der Waals surface area contributed by atoms with E-state index >= 15 is 0 Å². The maximum absolute atomic E-state index is 12.9. The summed E-state index contributed by atoms with van der Waals surface area (Å²) in [6, 6.07) is 12.4. The number of piperazine rings is 1. The summed E-state index contributed by atoms with van der Waals surface area (Å²) in [4.78, 5) is 41.8. The lowest BCUT2D eigenvalue weighted by atomic mass is 10.1. The summed E-state index contributed by atoms with van der Waals surface area (Å²) in [6.45, 7) is 3.97. The topological polar surface area (TPSA) is 67.6 Å². The number of aryl methyl sites for hydroxylation is 1. The third-order valence-corrected chi connectivity index (χ3v) is 6.46. The first kappa shape index (κ1) is 21.5. The zero-order chi connectivity index (χ0) is 22.1. The van der Waals surface area contributed by atoms with Crippen LogP contribution in [-0.4, -0.2) is 56.9 Å². The number of hydrogen-bond acceptors (Lipinski definition) is 3. The first-order chi connectivity index (χ1) is 14.9. The van der Waals surface area contributed by atoms with E-state index in [-0.39, 0.29) is 29.1 Å². The number of halogens is 2. The van der Waals surface area contributed by atoms with Crippen molar-refractivity contribution in [2.45, 2.75) is 20.0 Å². The average Bonchev–Trinajstić information content (AvgIpc) is 3.06. The summed E-state index contributed by atoms with van der Waals surface area (Å²) in [6.07, 6.45) is 0. The van der Waals surface area contributed by atoms with Crippen molar-refractivity contribution in [3.8, 4) is 0 Å². The molecule has 7 nitrogen and oxygen atoms in total. The molecule has 1 aliphatic heterocycles. The molecule has 2 heterocycles. The highest BCUT2D eigenvalue weighted by atomic mass is 35.5. The minimum Gasteiger partial charge on any atom is -0.338 e. The van der Waals surface area contributed by atoms with Crippen LogP contribution in [0.4, 0.5) is 0 Å². The number of para-hydroxylation sites is 2. The van der Waals surface area contributed by atoms with Crippen molar-refractivity contribution >= 4 is 46.0 Å². The van der Waals surface area contributed by atoms with Gasteiger partial charge < -0.3 is 9.80 Å². The maximum Gasteiger partial charge on any atom is 0.329 e. The fourth-order valence-corrected chi connectivity index (χ4v) is 4.35. The second kappa shape index (κ2) is 8.77. The molecule has 0 bridgehead atoms. The van der Waals surface area contributed by atoms with Crippen LogP contribution < -0.4 is 5.69 Å². The van der Waals surface area contributed by atoms with Gasteiger partial charge in [-0.3, -0.25) is 18.7 Å². The van der Waals surface area contributed by atoms with E-state index < -0.39 is 0 Å². The minimum absolute atomic E-state index is 0.0274. The van der Waals surface area contributed by atoms with Gasteiger partial charge >= 0.3 is 5.69 Å². The lowest BCUT2D eigenvalue weighted by molar-refractivity contribution is -0.133. The zero-order valence-electron chi connectivity index (χ0n) is 17.1. The molecule has 9 heteroatoms.